The van der Waals surface area contributed by atoms with E-state index in [4.69, 9.17) is 0 Å². The van der Waals surface area contributed by atoms with Crippen LogP contribution in [0.1, 0.15) is 34.9 Å². The van der Waals surface area contributed by atoms with E-state index in [-0.39, 0.29) is 5.91 Å². The third-order valence-corrected chi connectivity index (χ3v) is 5.91. The molecule has 5 rings (SSSR count). The molecule has 1 fully saturated rings. The van der Waals surface area contributed by atoms with E-state index in [9.17, 15) is 4.79 Å². The van der Waals surface area contributed by atoms with Gasteiger partial charge >= 0.3 is 0 Å². The first-order chi connectivity index (χ1) is 14.6. The monoisotopic (exact) mass is 400 g/mol. The fourth-order valence-electron chi connectivity index (χ4n) is 4.31. The average Bonchev–Trinajstić information content (AvgIpc) is 3.38. The van der Waals surface area contributed by atoms with Crippen LogP contribution in [0.5, 0.6) is 0 Å². The highest BCUT2D eigenvalue weighted by atomic mass is 16.1. The highest BCUT2D eigenvalue weighted by Gasteiger charge is 2.24. The molecule has 1 aliphatic rings. The topological polar surface area (TPSA) is 85.9 Å². The molecule has 1 aliphatic heterocycles. The molecular formula is C23H24N6O. The molecule has 152 valence electrons. The van der Waals surface area contributed by atoms with Crippen molar-refractivity contribution in [1.82, 2.24) is 19.9 Å². The third kappa shape index (κ3) is 3.27. The summed E-state index contributed by atoms with van der Waals surface area (Å²) in [6.45, 7) is 1.12. The second-order valence-corrected chi connectivity index (χ2v) is 7.82. The summed E-state index contributed by atoms with van der Waals surface area (Å²) in [6.07, 6.45) is 5.92. The number of anilines is 2. The van der Waals surface area contributed by atoms with Crippen LogP contribution in [0.25, 0.3) is 21.7 Å². The predicted octanol–water partition coefficient (Wildman–Crippen LogP) is 4.17. The number of amides is 1. The lowest BCUT2D eigenvalue weighted by Crippen LogP contribution is -2.17. The van der Waals surface area contributed by atoms with Gasteiger partial charge in [-0.1, -0.05) is 0 Å². The van der Waals surface area contributed by atoms with Gasteiger partial charge in [-0.15, -0.1) is 0 Å². The van der Waals surface area contributed by atoms with Crippen LogP contribution in [0.3, 0.4) is 0 Å². The molecule has 7 nitrogen and oxygen atoms in total. The van der Waals surface area contributed by atoms with Crippen LogP contribution < -0.4 is 10.6 Å². The maximum atomic E-state index is 12.8. The molecule has 0 saturated carbocycles. The Labute approximate surface area is 174 Å². The summed E-state index contributed by atoms with van der Waals surface area (Å²) in [5.41, 5.74) is 2.77. The molecule has 1 atom stereocenters. The summed E-state index contributed by atoms with van der Waals surface area (Å²) in [5.74, 6) is 1.14. The molecule has 30 heavy (non-hydrogen) atoms. The van der Waals surface area contributed by atoms with E-state index in [1.807, 2.05) is 37.5 Å². The van der Waals surface area contributed by atoms with Crippen LogP contribution in [-0.4, -0.2) is 46.4 Å². The van der Waals surface area contributed by atoms with Gasteiger partial charge in [-0.25, -0.2) is 9.97 Å². The highest BCUT2D eigenvalue weighted by molar-refractivity contribution is 6.07. The second-order valence-electron chi connectivity index (χ2n) is 7.82. The van der Waals surface area contributed by atoms with Crippen LogP contribution in [0, 0.1) is 0 Å². The van der Waals surface area contributed by atoms with E-state index in [1.54, 1.807) is 12.3 Å². The third-order valence-electron chi connectivity index (χ3n) is 5.91. The SMILES string of the molecule is CNc1nccc2cc(C(=O)Nc3cc4[nH]c([C@H]5CCCN5C)cc4cn3)ccc12. The first-order valence-corrected chi connectivity index (χ1v) is 10.2. The molecule has 4 aromatic rings. The van der Waals surface area contributed by atoms with Gasteiger partial charge in [0.05, 0.1) is 5.52 Å². The lowest BCUT2D eigenvalue weighted by Gasteiger charge is -2.17. The molecule has 0 unspecified atom stereocenters. The Morgan fingerprint density at radius 1 is 1.17 bits per heavy atom. The predicted molar refractivity (Wildman–Crippen MR) is 120 cm³/mol. The number of aromatic amines is 1. The number of nitrogens with one attached hydrogen (secondary N) is 3. The maximum absolute atomic E-state index is 12.8. The number of carbonyl (C=O) groups excluding carboxylic acids is 1. The molecule has 0 bridgehead atoms. The standard InChI is InChI=1S/C23H24N6O/c1-24-22-17-6-5-15(10-14(17)7-8-25-22)23(30)28-21-12-18-16(13-26-21)11-19(27-18)20-4-3-9-29(20)2/h5-8,10-13,20,27H,3-4,9H2,1-2H3,(H,24,25)(H,26,28,30)/t20-/m1/s1. The second kappa shape index (κ2) is 7.42. The molecule has 3 N–H and O–H groups in total. The number of hydrogen-bond donors (Lipinski definition) is 3. The fraction of sp³-hybridized carbons (Fsp3) is 0.261. The van der Waals surface area contributed by atoms with Gasteiger partial charge in [-0.3, -0.25) is 9.69 Å². The Morgan fingerprint density at radius 2 is 2.07 bits per heavy atom. The van der Waals surface area contributed by atoms with Crippen molar-refractivity contribution in [2.45, 2.75) is 18.9 Å². The van der Waals surface area contributed by atoms with Crippen molar-refractivity contribution in [3.05, 3.63) is 60.0 Å². The Kier molecular flexibility index (Phi) is 4.59. The molecule has 0 radical (unpaired) electrons. The fourth-order valence-corrected chi connectivity index (χ4v) is 4.31. The van der Waals surface area contributed by atoms with Gasteiger partial charge in [-0.2, -0.15) is 0 Å². The Morgan fingerprint density at radius 3 is 2.87 bits per heavy atom. The van der Waals surface area contributed by atoms with Crippen LogP contribution in [-0.2, 0) is 0 Å². The minimum Gasteiger partial charge on any atom is -0.373 e. The first-order valence-electron chi connectivity index (χ1n) is 10.2. The number of carbonyl (C=O) groups is 1. The van der Waals surface area contributed by atoms with Crippen LogP contribution in [0.2, 0.25) is 0 Å². The molecule has 0 aliphatic carbocycles. The van der Waals surface area contributed by atoms with E-state index >= 15 is 0 Å². The van der Waals surface area contributed by atoms with Crippen LogP contribution in [0.15, 0.2) is 48.8 Å². The van der Waals surface area contributed by atoms with Gasteiger partial charge in [0, 0.05) is 53.6 Å². The zero-order chi connectivity index (χ0) is 20.7. The van der Waals surface area contributed by atoms with Gasteiger partial charge in [0.1, 0.15) is 11.6 Å². The van der Waals surface area contributed by atoms with Crippen molar-refractivity contribution in [3.8, 4) is 0 Å². The van der Waals surface area contributed by atoms with Crippen LogP contribution in [0.4, 0.5) is 11.6 Å². The smallest absolute Gasteiger partial charge is 0.256 e. The van der Waals surface area contributed by atoms with Gasteiger partial charge in [0.25, 0.3) is 5.91 Å². The molecular weight excluding hydrogens is 376 g/mol. The van der Waals surface area contributed by atoms with E-state index in [2.05, 4.69) is 43.6 Å². The number of nitrogens with zero attached hydrogens (tertiary/aromatic N) is 3. The average molecular weight is 400 g/mol. The first kappa shape index (κ1) is 18.6. The minimum atomic E-state index is -0.186. The van der Waals surface area contributed by atoms with E-state index < -0.39 is 0 Å². The molecule has 3 aromatic heterocycles. The maximum Gasteiger partial charge on any atom is 0.256 e. The summed E-state index contributed by atoms with van der Waals surface area (Å²) in [4.78, 5) is 27.4. The minimum absolute atomic E-state index is 0.186. The number of fused-ring (bicyclic) bond motifs is 2. The van der Waals surface area contributed by atoms with Crippen molar-refractivity contribution in [1.29, 1.82) is 0 Å². The normalized spacial score (nSPS) is 16.9. The van der Waals surface area contributed by atoms with Crippen LogP contribution >= 0.6 is 0 Å². The molecule has 0 spiro atoms. The van der Waals surface area contributed by atoms with Gasteiger partial charge in [0.15, 0.2) is 0 Å². The number of aromatic nitrogens is 3. The lowest BCUT2D eigenvalue weighted by molar-refractivity contribution is 0.102. The number of benzene rings is 1. The number of hydrogen-bond acceptors (Lipinski definition) is 5. The Balaban J connectivity index is 1.39. The Hall–Kier alpha value is -3.45. The van der Waals surface area contributed by atoms with E-state index in [0.29, 0.717) is 17.4 Å². The quantitative estimate of drug-likeness (QED) is 0.479. The summed E-state index contributed by atoms with van der Waals surface area (Å²) < 4.78 is 0. The highest BCUT2D eigenvalue weighted by Crippen LogP contribution is 2.32. The van der Waals surface area contributed by atoms with Gasteiger partial charge < -0.3 is 15.6 Å². The molecule has 4 heterocycles. The molecule has 1 aromatic carbocycles. The summed E-state index contributed by atoms with van der Waals surface area (Å²) >= 11 is 0. The van der Waals surface area contributed by atoms with E-state index in [1.165, 1.54) is 12.1 Å². The van der Waals surface area contributed by atoms with Gasteiger partial charge in [0.2, 0.25) is 0 Å². The van der Waals surface area contributed by atoms with Crippen molar-refractivity contribution >= 4 is 39.2 Å². The van der Waals surface area contributed by atoms with Crippen molar-refractivity contribution in [2.24, 2.45) is 0 Å². The number of pyridine rings is 2. The molecule has 7 heteroatoms. The molecule has 1 saturated heterocycles. The zero-order valence-electron chi connectivity index (χ0n) is 17.1. The van der Waals surface area contributed by atoms with E-state index in [0.717, 1.165) is 40.5 Å². The van der Waals surface area contributed by atoms with Gasteiger partial charge in [-0.05, 0) is 62.2 Å². The molecule has 1 amide bonds. The number of likely N-dealkylation sites (tertiary alicyclic amines) is 1. The lowest BCUT2D eigenvalue weighted by atomic mass is 10.1. The van der Waals surface area contributed by atoms with Crippen molar-refractivity contribution in [3.63, 3.8) is 0 Å². The summed E-state index contributed by atoms with van der Waals surface area (Å²) in [7, 11) is 3.99. The largest absolute Gasteiger partial charge is 0.373 e. The number of H-pyrrole nitrogens is 1. The zero-order valence-corrected chi connectivity index (χ0v) is 17.1. The summed E-state index contributed by atoms with van der Waals surface area (Å²) in [6, 6.07) is 12.0. The van der Waals surface area contributed by atoms with Crippen molar-refractivity contribution in [2.75, 3.05) is 31.3 Å². The van der Waals surface area contributed by atoms with Crippen molar-refractivity contribution < 1.29 is 4.79 Å². The summed E-state index contributed by atoms with van der Waals surface area (Å²) in [5, 5.41) is 8.99. The number of rotatable bonds is 4. The Bertz CT molecular complexity index is 1250.